The van der Waals surface area contributed by atoms with Crippen LogP contribution in [0.25, 0.3) is 5.65 Å². The molecule has 2 heterocycles. The van der Waals surface area contributed by atoms with Crippen LogP contribution in [-0.4, -0.2) is 25.3 Å². The number of ether oxygens (including phenoxy) is 1. The first kappa shape index (κ1) is 11.5. The molecule has 3 rings (SSSR count). The lowest BCUT2D eigenvalue weighted by molar-refractivity contribution is 0.444. The number of rotatable bonds is 2. The van der Waals surface area contributed by atoms with Gasteiger partial charge in [0.2, 0.25) is 5.88 Å². The molecule has 0 saturated carbocycles. The van der Waals surface area contributed by atoms with Crippen molar-refractivity contribution in [3.8, 4) is 11.6 Å². The van der Waals surface area contributed by atoms with Crippen LogP contribution >= 0.6 is 31.9 Å². The number of halogens is 2. The molecule has 8 heteroatoms. The van der Waals surface area contributed by atoms with Gasteiger partial charge in [0.15, 0.2) is 5.65 Å². The van der Waals surface area contributed by atoms with Crippen LogP contribution in [0.3, 0.4) is 0 Å². The van der Waals surface area contributed by atoms with Gasteiger partial charge in [-0.2, -0.15) is 0 Å². The molecule has 0 aliphatic carbocycles. The van der Waals surface area contributed by atoms with Crippen LogP contribution in [0.4, 0.5) is 0 Å². The monoisotopic (exact) mass is 369 g/mol. The van der Waals surface area contributed by atoms with Gasteiger partial charge in [-0.05, 0) is 50.6 Å². The number of tetrazole rings is 1. The van der Waals surface area contributed by atoms with E-state index in [-0.39, 0.29) is 0 Å². The number of hydrogen-bond acceptors (Lipinski definition) is 5. The Balaban J connectivity index is 1.95. The minimum Gasteiger partial charge on any atom is -0.436 e. The summed E-state index contributed by atoms with van der Waals surface area (Å²) >= 11 is 6.79. The van der Waals surface area contributed by atoms with Gasteiger partial charge in [-0.3, -0.25) is 0 Å². The number of nitrogens with zero attached hydrogens (tertiary/aromatic N) is 5. The highest BCUT2D eigenvalue weighted by molar-refractivity contribution is 9.11. The highest BCUT2D eigenvalue weighted by atomic mass is 79.9. The van der Waals surface area contributed by atoms with E-state index < -0.39 is 0 Å². The van der Waals surface area contributed by atoms with Gasteiger partial charge in [-0.1, -0.05) is 15.9 Å². The summed E-state index contributed by atoms with van der Waals surface area (Å²) in [4.78, 5) is 0. The molecule has 1 aromatic carbocycles. The smallest absolute Gasteiger partial charge is 0.239 e. The van der Waals surface area contributed by atoms with Crippen LogP contribution < -0.4 is 4.74 Å². The summed E-state index contributed by atoms with van der Waals surface area (Å²) in [6, 6.07) is 9.05. The van der Waals surface area contributed by atoms with Crippen molar-refractivity contribution in [2.45, 2.75) is 0 Å². The first-order valence-corrected chi connectivity index (χ1v) is 6.49. The fourth-order valence-corrected chi connectivity index (χ4v) is 2.49. The molecule has 2 aromatic heterocycles. The Morgan fingerprint density at radius 3 is 2.83 bits per heavy atom. The molecule has 0 fully saturated rings. The number of fused-ring (bicyclic) bond motifs is 1. The molecule has 0 bridgehead atoms. The molecule has 0 radical (unpaired) electrons. The number of aromatic nitrogens is 5. The number of benzene rings is 1. The van der Waals surface area contributed by atoms with E-state index >= 15 is 0 Å². The van der Waals surface area contributed by atoms with Gasteiger partial charge in [0, 0.05) is 10.5 Å². The lowest BCUT2D eigenvalue weighted by Crippen LogP contribution is -1.97. The lowest BCUT2D eigenvalue weighted by atomic mass is 10.3. The third-order valence-electron chi connectivity index (χ3n) is 2.15. The highest BCUT2D eigenvalue weighted by Crippen LogP contribution is 2.31. The standard InChI is InChI=1S/C10H5Br2N5O/c11-6-1-2-8(7(12)5-6)18-10-4-3-9-13-15-16-17(9)14-10/h1-5H. The van der Waals surface area contributed by atoms with Crippen molar-refractivity contribution in [1.82, 2.24) is 25.3 Å². The Morgan fingerprint density at radius 2 is 2.00 bits per heavy atom. The van der Waals surface area contributed by atoms with E-state index in [2.05, 4.69) is 52.5 Å². The molecule has 3 aromatic rings. The summed E-state index contributed by atoms with van der Waals surface area (Å²) < 4.78 is 8.75. The Labute approximate surface area is 118 Å². The first-order valence-electron chi connectivity index (χ1n) is 4.91. The van der Waals surface area contributed by atoms with Gasteiger partial charge < -0.3 is 4.74 Å². The van der Waals surface area contributed by atoms with Gasteiger partial charge in [0.25, 0.3) is 0 Å². The fourth-order valence-electron chi connectivity index (χ4n) is 1.36. The van der Waals surface area contributed by atoms with E-state index in [0.717, 1.165) is 8.95 Å². The summed E-state index contributed by atoms with van der Waals surface area (Å²) in [6.07, 6.45) is 0. The maximum atomic E-state index is 5.65. The van der Waals surface area contributed by atoms with E-state index in [1.54, 1.807) is 12.1 Å². The predicted octanol–water partition coefficient (Wildman–Crippen LogP) is 2.84. The summed E-state index contributed by atoms with van der Waals surface area (Å²) in [7, 11) is 0. The van der Waals surface area contributed by atoms with Crippen LogP contribution in [0.15, 0.2) is 39.3 Å². The van der Waals surface area contributed by atoms with Gasteiger partial charge in [-0.15, -0.1) is 14.8 Å². The third-order valence-corrected chi connectivity index (χ3v) is 3.27. The number of hydrogen-bond donors (Lipinski definition) is 0. The average Bonchev–Trinajstić information content (AvgIpc) is 2.80. The summed E-state index contributed by atoms with van der Waals surface area (Å²) in [5.41, 5.74) is 0.567. The zero-order valence-corrected chi connectivity index (χ0v) is 12.0. The van der Waals surface area contributed by atoms with Crippen LogP contribution in [0.5, 0.6) is 11.6 Å². The molecular formula is C10H5Br2N5O. The van der Waals surface area contributed by atoms with Gasteiger partial charge in [0.1, 0.15) is 5.75 Å². The van der Waals surface area contributed by atoms with Gasteiger partial charge in [-0.25, -0.2) is 0 Å². The van der Waals surface area contributed by atoms with Crippen LogP contribution in [0.1, 0.15) is 0 Å². The molecule has 0 amide bonds. The highest BCUT2D eigenvalue weighted by Gasteiger charge is 2.06. The minimum absolute atomic E-state index is 0.415. The topological polar surface area (TPSA) is 65.2 Å². The molecule has 90 valence electrons. The fraction of sp³-hybridized carbons (Fsp3) is 0. The maximum Gasteiger partial charge on any atom is 0.239 e. The van der Waals surface area contributed by atoms with Crippen molar-refractivity contribution < 1.29 is 4.74 Å². The zero-order chi connectivity index (χ0) is 12.5. The molecule has 0 atom stereocenters. The normalized spacial score (nSPS) is 10.8. The first-order chi connectivity index (χ1) is 8.72. The second-order valence-corrected chi connectivity index (χ2v) is 5.14. The Bertz CT molecular complexity index is 714. The molecule has 0 N–H and O–H groups in total. The summed E-state index contributed by atoms with van der Waals surface area (Å²) in [6.45, 7) is 0. The average molecular weight is 371 g/mol. The zero-order valence-electron chi connectivity index (χ0n) is 8.79. The largest absolute Gasteiger partial charge is 0.436 e. The van der Waals surface area contributed by atoms with Crippen LogP contribution in [0, 0.1) is 0 Å². The maximum absolute atomic E-state index is 5.65. The molecule has 0 saturated heterocycles. The second kappa shape index (κ2) is 4.62. The van der Waals surface area contributed by atoms with E-state index in [1.807, 2.05) is 18.2 Å². The summed E-state index contributed by atoms with van der Waals surface area (Å²) in [5, 5.41) is 15.1. The minimum atomic E-state index is 0.415. The Morgan fingerprint density at radius 1 is 1.11 bits per heavy atom. The molecule has 0 aliphatic heterocycles. The van der Waals surface area contributed by atoms with E-state index in [0.29, 0.717) is 17.3 Å². The molecule has 0 aliphatic rings. The second-order valence-electron chi connectivity index (χ2n) is 3.37. The third kappa shape index (κ3) is 2.21. The van der Waals surface area contributed by atoms with Crippen molar-refractivity contribution in [3.63, 3.8) is 0 Å². The van der Waals surface area contributed by atoms with E-state index in [1.165, 1.54) is 4.63 Å². The molecule has 6 nitrogen and oxygen atoms in total. The van der Waals surface area contributed by atoms with Crippen molar-refractivity contribution in [2.75, 3.05) is 0 Å². The van der Waals surface area contributed by atoms with E-state index in [4.69, 9.17) is 4.74 Å². The SMILES string of the molecule is Brc1ccc(Oc2ccc3nnnn3n2)c(Br)c1. The summed E-state index contributed by atoms with van der Waals surface area (Å²) in [5.74, 6) is 1.08. The van der Waals surface area contributed by atoms with Crippen molar-refractivity contribution in [2.24, 2.45) is 0 Å². The van der Waals surface area contributed by atoms with Gasteiger partial charge >= 0.3 is 0 Å². The Kier molecular flexibility index (Phi) is 2.96. The van der Waals surface area contributed by atoms with Crippen molar-refractivity contribution in [3.05, 3.63) is 39.3 Å². The van der Waals surface area contributed by atoms with Crippen molar-refractivity contribution in [1.29, 1.82) is 0 Å². The lowest BCUT2D eigenvalue weighted by Gasteiger charge is -2.06. The quantitative estimate of drug-likeness (QED) is 0.693. The molecule has 0 spiro atoms. The van der Waals surface area contributed by atoms with E-state index in [9.17, 15) is 0 Å². The van der Waals surface area contributed by atoms with Crippen LogP contribution in [0.2, 0.25) is 0 Å². The van der Waals surface area contributed by atoms with Crippen LogP contribution in [-0.2, 0) is 0 Å². The predicted molar refractivity (Wildman–Crippen MR) is 70.5 cm³/mol. The Hall–Kier alpha value is -1.54. The van der Waals surface area contributed by atoms with Crippen molar-refractivity contribution >= 4 is 37.5 Å². The molecular weight excluding hydrogens is 366 g/mol. The van der Waals surface area contributed by atoms with Gasteiger partial charge in [0.05, 0.1) is 4.47 Å². The molecule has 0 unspecified atom stereocenters. The molecule has 18 heavy (non-hydrogen) atoms.